The molecule has 0 aliphatic rings. The van der Waals surface area contributed by atoms with Crippen LogP contribution in [0.25, 0.3) is 0 Å². The fourth-order valence-electron chi connectivity index (χ4n) is 3.58. The van der Waals surface area contributed by atoms with Gasteiger partial charge in [-0.1, -0.05) is 62.4 Å². The van der Waals surface area contributed by atoms with Gasteiger partial charge >= 0.3 is 0 Å². The highest BCUT2D eigenvalue weighted by Gasteiger charge is 2.12. The van der Waals surface area contributed by atoms with Crippen LogP contribution in [0.5, 0.6) is 0 Å². The van der Waals surface area contributed by atoms with Gasteiger partial charge in [0.1, 0.15) is 0 Å². The Morgan fingerprint density at radius 1 is 0.429 bits per heavy atom. The first-order valence-corrected chi connectivity index (χ1v) is 10.0. The van der Waals surface area contributed by atoms with E-state index in [0.29, 0.717) is 11.8 Å². The summed E-state index contributed by atoms with van der Waals surface area (Å²) in [6.45, 7) is 4.56. The first-order chi connectivity index (χ1) is 13.4. The summed E-state index contributed by atoms with van der Waals surface area (Å²) in [5.74, 6) is 0.778. The minimum absolute atomic E-state index is 0.389. The molecule has 0 N–H and O–H groups in total. The van der Waals surface area contributed by atoms with Crippen LogP contribution >= 0.6 is 0 Å². The van der Waals surface area contributed by atoms with Gasteiger partial charge in [0.25, 0.3) is 0 Å². The third kappa shape index (κ3) is 4.39. The third-order valence-electron chi connectivity index (χ3n) is 5.76. The Hall–Kier alpha value is -2.74. The molecule has 2 atom stereocenters. The summed E-state index contributed by atoms with van der Waals surface area (Å²) >= 11 is 0. The van der Waals surface area contributed by atoms with Gasteiger partial charge in [-0.25, -0.2) is 0 Å². The lowest BCUT2D eigenvalue weighted by atomic mass is 9.88. The van der Waals surface area contributed by atoms with Crippen LogP contribution in [0.2, 0.25) is 0 Å². The van der Waals surface area contributed by atoms with Crippen LogP contribution in [0.15, 0.2) is 72.8 Å². The molecule has 28 heavy (non-hydrogen) atoms. The minimum atomic E-state index is 0.389. The second kappa shape index (κ2) is 8.52. The lowest BCUT2D eigenvalue weighted by Crippen LogP contribution is -2.08. The van der Waals surface area contributed by atoms with Crippen LogP contribution < -0.4 is 9.80 Å². The van der Waals surface area contributed by atoms with Crippen molar-refractivity contribution < 1.29 is 0 Å². The highest BCUT2D eigenvalue weighted by atomic mass is 15.1. The molecule has 0 saturated carbocycles. The molecule has 3 aromatic rings. The number of benzene rings is 3. The molecule has 0 radical (unpaired) electrons. The Morgan fingerprint density at radius 2 is 0.643 bits per heavy atom. The van der Waals surface area contributed by atoms with E-state index in [1.807, 2.05) is 0 Å². The van der Waals surface area contributed by atoms with Crippen LogP contribution in [0, 0.1) is 0 Å². The zero-order chi connectivity index (χ0) is 20.3. The first kappa shape index (κ1) is 20.0. The largest absolute Gasteiger partial charge is 0.378 e. The third-order valence-corrected chi connectivity index (χ3v) is 5.76. The smallest absolute Gasteiger partial charge is 0.0361 e. The molecule has 3 aromatic carbocycles. The monoisotopic (exact) mass is 372 g/mol. The van der Waals surface area contributed by atoms with Gasteiger partial charge in [0, 0.05) is 51.4 Å². The van der Waals surface area contributed by atoms with Crippen molar-refractivity contribution in [2.75, 3.05) is 38.0 Å². The van der Waals surface area contributed by atoms with Crippen molar-refractivity contribution in [3.63, 3.8) is 0 Å². The average molecular weight is 373 g/mol. The van der Waals surface area contributed by atoms with Gasteiger partial charge in [0.05, 0.1) is 0 Å². The number of hydrogen-bond acceptors (Lipinski definition) is 2. The maximum absolute atomic E-state index is 2.28. The Bertz CT molecular complexity index is 799. The van der Waals surface area contributed by atoms with Crippen LogP contribution in [-0.2, 0) is 0 Å². The van der Waals surface area contributed by atoms with Crippen molar-refractivity contribution in [2.24, 2.45) is 0 Å². The highest BCUT2D eigenvalue weighted by Crippen LogP contribution is 2.30. The molecule has 0 spiro atoms. The normalized spacial score (nSPS) is 13.1. The Morgan fingerprint density at radius 3 is 0.857 bits per heavy atom. The molecular formula is C26H32N2. The molecule has 0 heterocycles. The zero-order valence-corrected chi connectivity index (χ0v) is 18.0. The Kier molecular flexibility index (Phi) is 6.08. The molecular weight excluding hydrogens is 340 g/mol. The second-order valence-corrected chi connectivity index (χ2v) is 8.08. The van der Waals surface area contributed by atoms with Gasteiger partial charge in [0.2, 0.25) is 0 Å². The van der Waals surface area contributed by atoms with Crippen LogP contribution in [0.3, 0.4) is 0 Å². The van der Waals surface area contributed by atoms with Gasteiger partial charge in [0.15, 0.2) is 0 Å². The number of anilines is 2. The van der Waals surface area contributed by atoms with Crippen molar-refractivity contribution in [1.82, 2.24) is 0 Å². The fraction of sp³-hybridized carbons (Fsp3) is 0.308. The summed E-state index contributed by atoms with van der Waals surface area (Å²) in [5.41, 5.74) is 7.89. The summed E-state index contributed by atoms with van der Waals surface area (Å²) in [4.78, 5) is 4.27. The van der Waals surface area contributed by atoms with Crippen molar-refractivity contribution in [2.45, 2.75) is 25.7 Å². The second-order valence-electron chi connectivity index (χ2n) is 8.08. The molecule has 0 fully saturated rings. The van der Waals surface area contributed by atoms with E-state index in [-0.39, 0.29) is 0 Å². The Balaban J connectivity index is 1.74. The molecule has 2 unspecified atom stereocenters. The summed E-state index contributed by atoms with van der Waals surface area (Å²) in [7, 11) is 8.30. The molecule has 0 aliphatic heterocycles. The van der Waals surface area contributed by atoms with Gasteiger partial charge in [-0.05, 0) is 46.5 Å². The van der Waals surface area contributed by atoms with Gasteiger partial charge in [-0.2, -0.15) is 0 Å². The van der Waals surface area contributed by atoms with Crippen LogP contribution in [0.4, 0.5) is 11.4 Å². The lowest BCUT2D eigenvalue weighted by Gasteiger charge is -2.18. The predicted molar refractivity (Wildman–Crippen MR) is 123 cm³/mol. The summed E-state index contributed by atoms with van der Waals surface area (Å²) in [6, 6.07) is 26.9. The lowest BCUT2D eigenvalue weighted by molar-refractivity contribution is 0.897. The summed E-state index contributed by atoms with van der Waals surface area (Å²) < 4.78 is 0. The molecule has 0 aliphatic carbocycles. The van der Waals surface area contributed by atoms with E-state index in [2.05, 4.69) is 125 Å². The van der Waals surface area contributed by atoms with E-state index in [9.17, 15) is 0 Å². The van der Waals surface area contributed by atoms with Gasteiger partial charge < -0.3 is 9.80 Å². The van der Waals surface area contributed by atoms with E-state index in [1.54, 1.807) is 0 Å². The molecule has 0 amide bonds. The number of hydrogen-bond donors (Lipinski definition) is 0. The van der Waals surface area contributed by atoms with Crippen LogP contribution in [0.1, 0.15) is 47.9 Å². The summed E-state index contributed by atoms with van der Waals surface area (Å²) in [6.07, 6.45) is 0. The molecule has 0 saturated heterocycles. The molecule has 2 heteroatoms. The van der Waals surface area contributed by atoms with E-state index >= 15 is 0 Å². The fourth-order valence-corrected chi connectivity index (χ4v) is 3.58. The molecule has 0 aromatic heterocycles. The van der Waals surface area contributed by atoms with E-state index < -0.39 is 0 Å². The van der Waals surface area contributed by atoms with Crippen LogP contribution in [-0.4, -0.2) is 28.2 Å². The quantitative estimate of drug-likeness (QED) is 0.514. The Labute approximate surface area is 170 Å². The first-order valence-electron chi connectivity index (χ1n) is 10.0. The maximum Gasteiger partial charge on any atom is 0.0361 e. The minimum Gasteiger partial charge on any atom is -0.378 e. The highest BCUT2D eigenvalue weighted by molar-refractivity contribution is 5.49. The maximum atomic E-state index is 2.28. The van der Waals surface area contributed by atoms with Crippen molar-refractivity contribution in [3.05, 3.63) is 95.1 Å². The predicted octanol–water partition coefficient (Wildman–Crippen LogP) is 6.12. The molecule has 0 bridgehead atoms. The van der Waals surface area contributed by atoms with E-state index in [4.69, 9.17) is 0 Å². The number of nitrogens with zero attached hydrogens (tertiary/aromatic N) is 2. The number of rotatable bonds is 6. The van der Waals surface area contributed by atoms with Crippen molar-refractivity contribution in [1.29, 1.82) is 0 Å². The van der Waals surface area contributed by atoms with Crippen molar-refractivity contribution >= 4 is 11.4 Å². The van der Waals surface area contributed by atoms with E-state index in [1.165, 1.54) is 33.6 Å². The zero-order valence-electron chi connectivity index (χ0n) is 18.0. The standard InChI is InChI=1S/C26H32N2/c1-19(23-11-15-25(16-12-23)27(3)4)21-7-9-22(10-8-21)20(2)24-13-17-26(18-14-24)28(5)6/h7-20H,1-6H3. The van der Waals surface area contributed by atoms with Crippen molar-refractivity contribution in [3.8, 4) is 0 Å². The van der Waals surface area contributed by atoms with Gasteiger partial charge in [-0.15, -0.1) is 0 Å². The average Bonchev–Trinajstić information content (AvgIpc) is 2.73. The SMILES string of the molecule is CC(c1ccc(C(C)c2ccc(N(C)C)cc2)cc1)c1ccc(N(C)C)cc1. The molecule has 3 rings (SSSR count). The summed E-state index contributed by atoms with van der Waals surface area (Å²) in [5, 5.41) is 0. The van der Waals surface area contributed by atoms with E-state index in [0.717, 1.165) is 0 Å². The molecule has 2 nitrogen and oxygen atoms in total. The molecule has 146 valence electrons. The topological polar surface area (TPSA) is 6.48 Å². The van der Waals surface area contributed by atoms with Gasteiger partial charge in [-0.3, -0.25) is 0 Å².